The SMILES string of the molecule is CC.CC.Cc1cnc(Nc2cc(CN3CCNCC3)cc(C3CC3)c2)nc1-c1c[nH]c2ccccc12. The molecule has 0 radical (unpaired) electrons. The van der Waals surface area contributed by atoms with Gasteiger partial charge in [-0.2, -0.15) is 0 Å². The normalized spacial score (nSPS) is 15.4. The van der Waals surface area contributed by atoms with E-state index in [9.17, 15) is 0 Å². The molecule has 0 spiro atoms. The molecule has 1 aliphatic heterocycles. The summed E-state index contributed by atoms with van der Waals surface area (Å²) in [7, 11) is 0. The van der Waals surface area contributed by atoms with E-state index in [1.165, 1.54) is 29.4 Å². The standard InChI is InChI=1S/C27H30N6.2C2H6/c1-18-15-30-27(32-26(18)24-16-29-25-5-3-2-4-23(24)25)31-22-13-19(12-21(14-22)20-6-7-20)17-33-10-8-28-9-11-33;2*1-2/h2-5,12-16,20,28-29H,6-11,17H2,1H3,(H,30,31,32);2*1-2H3. The molecule has 6 heteroatoms. The van der Waals surface area contributed by atoms with E-state index in [0.29, 0.717) is 11.9 Å². The molecule has 3 N–H and O–H groups in total. The number of aromatic amines is 1. The van der Waals surface area contributed by atoms with Crippen LogP contribution in [0, 0.1) is 6.92 Å². The number of piperazine rings is 1. The Morgan fingerprint density at radius 3 is 2.51 bits per heavy atom. The first-order valence-corrected chi connectivity index (χ1v) is 14.0. The molecule has 37 heavy (non-hydrogen) atoms. The third kappa shape index (κ3) is 6.56. The van der Waals surface area contributed by atoms with Crippen LogP contribution in [0.1, 0.15) is 63.1 Å². The second-order valence-electron chi connectivity index (χ2n) is 9.36. The van der Waals surface area contributed by atoms with Gasteiger partial charge in [-0.3, -0.25) is 4.90 Å². The number of H-pyrrole nitrogens is 1. The molecule has 2 aliphatic rings. The van der Waals surface area contributed by atoms with Crippen molar-refractivity contribution in [3.63, 3.8) is 0 Å². The van der Waals surface area contributed by atoms with Gasteiger partial charge in [0.1, 0.15) is 0 Å². The Kier molecular flexibility index (Phi) is 9.31. The Hall–Kier alpha value is -3.22. The molecule has 6 rings (SSSR count). The first-order valence-electron chi connectivity index (χ1n) is 14.0. The number of nitrogens with zero attached hydrogens (tertiary/aromatic N) is 3. The molecule has 2 aromatic carbocycles. The van der Waals surface area contributed by atoms with Crippen LogP contribution in [0.25, 0.3) is 22.2 Å². The molecule has 2 aromatic heterocycles. The van der Waals surface area contributed by atoms with Gasteiger partial charge in [0.2, 0.25) is 5.95 Å². The topological polar surface area (TPSA) is 68.9 Å². The maximum Gasteiger partial charge on any atom is 0.227 e. The summed E-state index contributed by atoms with van der Waals surface area (Å²) in [5.74, 6) is 1.34. The summed E-state index contributed by atoms with van der Waals surface area (Å²) < 4.78 is 0. The number of anilines is 2. The Bertz CT molecular complexity index is 1280. The van der Waals surface area contributed by atoms with Crippen molar-refractivity contribution in [2.24, 2.45) is 0 Å². The summed E-state index contributed by atoms with van der Waals surface area (Å²) in [6.45, 7) is 15.4. The van der Waals surface area contributed by atoms with Crippen LogP contribution < -0.4 is 10.6 Å². The van der Waals surface area contributed by atoms with Crippen LogP contribution in [-0.4, -0.2) is 46.0 Å². The van der Waals surface area contributed by atoms with E-state index in [2.05, 4.69) is 68.8 Å². The number of nitrogens with one attached hydrogen (secondary N) is 3. The van der Waals surface area contributed by atoms with Crippen molar-refractivity contribution >= 4 is 22.5 Å². The maximum atomic E-state index is 4.93. The van der Waals surface area contributed by atoms with E-state index >= 15 is 0 Å². The van der Waals surface area contributed by atoms with Gasteiger partial charge in [0.15, 0.2) is 0 Å². The Labute approximate surface area is 221 Å². The molecule has 1 aliphatic carbocycles. The average molecular weight is 499 g/mol. The van der Waals surface area contributed by atoms with Gasteiger partial charge < -0.3 is 15.6 Å². The summed E-state index contributed by atoms with van der Waals surface area (Å²) in [4.78, 5) is 15.4. The molecule has 0 amide bonds. The molecule has 0 unspecified atom stereocenters. The van der Waals surface area contributed by atoms with E-state index in [1.807, 2.05) is 46.2 Å². The molecular weight excluding hydrogens is 456 g/mol. The van der Waals surface area contributed by atoms with Crippen molar-refractivity contribution in [3.05, 3.63) is 71.5 Å². The highest BCUT2D eigenvalue weighted by molar-refractivity contribution is 5.95. The Morgan fingerprint density at radius 1 is 1.00 bits per heavy atom. The summed E-state index contributed by atoms with van der Waals surface area (Å²) in [6, 6.07) is 15.3. The van der Waals surface area contributed by atoms with E-state index < -0.39 is 0 Å². The minimum absolute atomic E-state index is 0.641. The van der Waals surface area contributed by atoms with Crippen LogP contribution in [0.4, 0.5) is 11.6 Å². The summed E-state index contributed by atoms with van der Waals surface area (Å²) >= 11 is 0. The lowest BCUT2D eigenvalue weighted by Gasteiger charge is -2.27. The van der Waals surface area contributed by atoms with Crippen LogP contribution in [0.2, 0.25) is 0 Å². The number of hydrogen-bond acceptors (Lipinski definition) is 5. The fraction of sp³-hybridized carbons (Fsp3) is 0.419. The van der Waals surface area contributed by atoms with Gasteiger partial charge in [0, 0.05) is 67.3 Å². The van der Waals surface area contributed by atoms with Gasteiger partial charge in [-0.15, -0.1) is 0 Å². The fourth-order valence-corrected chi connectivity index (χ4v) is 4.83. The number of aromatic nitrogens is 3. The molecule has 2 fully saturated rings. The quantitative estimate of drug-likeness (QED) is 0.267. The number of hydrogen-bond donors (Lipinski definition) is 3. The number of rotatable bonds is 6. The maximum absolute atomic E-state index is 4.93. The largest absolute Gasteiger partial charge is 0.360 e. The monoisotopic (exact) mass is 498 g/mol. The molecular formula is C31H42N6. The number of aryl methyl sites for hydroxylation is 1. The average Bonchev–Trinajstić information content (AvgIpc) is 3.72. The molecule has 1 saturated carbocycles. The van der Waals surface area contributed by atoms with Gasteiger partial charge in [-0.25, -0.2) is 9.97 Å². The lowest BCUT2D eigenvalue weighted by molar-refractivity contribution is 0.233. The zero-order valence-corrected chi connectivity index (χ0v) is 23.1. The van der Waals surface area contributed by atoms with Crippen LogP contribution >= 0.6 is 0 Å². The van der Waals surface area contributed by atoms with Gasteiger partial charge in [0.05, 0.1) is 5.69 Å². The highest BCUT2D eigenvalue weighted by Crippen LogP contribution is 2.41. The van der Waals surface area contributed by atoms with E-state index in [4.69, 9.17) is 4.98 Å². The first-order chi connectivity index (χ1) is 18.2. The number of fused-ring (bicyclic) bond motifs is 1. The van der Waals surface area contributed by atoms with Crippen LogP contribution in [0.3, 0.4) is 0 Å². The zero-order chi connectivity index (χ0) is 26.2. The van der Waals surface area contributed by atoms with E-state index in [-0.39, 0.29) is 0 Å². The molecule has 6 nitrogen and oxygen atoms in total. The van der Waals surface area contributed by atoms with Crippen LogP contribution in [-0.2, 0) is 6.54 Å². The van der Waals surface area contributed by atoms with Crippen LogP contribution in [0.15, 0.2) is 54.9 Å². The van der Waals surface area contributed by atoms with Gasteiger partial charge >= 0.3 is 0 Å². The highest BCUT2D eigenvalue weighted by atomic mass is 15.2. The van der Waals surface area contributed by atoms with Gasteiger partial charge in [-0.05, 0) is 60.6 Å². The third-order valence-corrected chi connectivity index (χ3v) is 6.75. The molecule has 1 saturated heterocycles. The molecule has 196 valence electrons. The second kappa shape index (κ2) is 12.8. The first kappa shape index (κ1) is 26.8. The van der Waals surface area contributed by atoms with Crippen LogP contribution in [0.5, 0.6) is 0 Å². The molecule has 0 atom stereocenters. The smallest absolute Gasteiger partial charge is 0.227 e. The summed E-state index contributed by atoms with van der Waals surface area (Å²) in [6.07, 6.45) is 6.55. The Morgan fingerprint density at radius 2 is 1.76 bits per heavy atom. The van der Waals surface area contributed by atoms with Crippen molar-refractivity contribution in [3.8, 4) is 11.3 Å². The summed E-state index contributed by atoms with van der Waals surface area (Å²) in [5, 5.41) is 8.14. The van der Waals surface area contributed by atoms with Crippen molar-refractivity contribution in [1.29, 1.82) is 0 Å². The Balaban J connectivity index is 0.000000765. The second-order valence-corrected chi connectivity index (χ2v) is 9.36. The predicted molar refractivity (Wildman–Crippen MR) is 157 cm³/mol. The van der Waals surface area contributed by atoms with Gasteiger partial charge in [-0.1, -0.05) is 52.0 Å². The number of benzene rings is 2. The van der Waals surface area contributed by atoms with E-state index in [1.54, 1.807) is 0 Å². The van der Waals surface area contributed by atoms with Crippen molar-refractivity contribution in [1.82, 2.24) is 25.2 Å². The highest BCUT2D eigenvalue weighted by Gasteiger charge is 2.25. The summed E-state index contributed by atoms with van der Waals surface area (Å²) in [5.41, 5.74) is 8.15. The van der Waals surface area contributed by atoms with Crippen molar-refractivity contribution in [2.45, 2.75) is 59.9 Å². The lowest BCUT2D eigenvalue weighted by Crippen LogP contribution is -2.42. The minimum Gasteiger partial charge on any atom is -0.360 e. The molecule has 3 heterocycles. The lowest BCUT2D eigenvalue weighted by atomic mass is 10.0. The predicted octanol–water partition coefficient (Wildman–Crippen LogP) is 7.01. The van der Waals surface area contributed by atoms with Crippen molar-refractivity contribution < 1.29 is 0 Å². The van der Waals surface area contributed by atoms with E-state index in [0.717, 1.165) is 60.7 Å². The van der Waals surface area contributed by atoms with Crippen molar-refractivity contribution in [2.75, 3.05) is 31.5 Å². The fourth-order valence-electron chi connectivity index (χ4n) is 4.83. The third-order valence-electron chi connectivity index (χ3n) is 6.75. The van der Waals surface area contributed by atoms with Gasteiger partial charge in [0.25, 0.3) is 0 Å². The molecule has 4 aromatic rings. The molecule has 0 bridgehead atoms. The number of para-hydroxylation sites is 1. The zero-order valence-electron chi connectivity index (χ0n) is 23.1. The minimum atomic E-state index is 0.641.